The summed E-state index contributed by atoms with van der Waals surface area (Å²) in [5.41, 5.74) is -12.3. The molecule has 4 saturated carbocycles. The number of carbonyl (C=O) groups excluding carboxylic acids is 6. The number of hydrogen-bond donors (Lipinski definition) is 6. The summed E-state index contributed by atoms with van der Waals surface area (Å²) in [4.78, 5) is 76.9. The lowest BCUT2D eigenvalue weighted by molar-refractivity contribution is -0.155. The average Bonchev–Trinajstić information content (AvgIpc) is 3.67. The first kappa shape index (κ1) is 41.1. The van der Waals surface area contributed by atoms with Gasteiger partial charge in [0.25, 0.3) is 0 Å². The fraction of sp³-hybridized carbons (Fsp3) is 0.756. The van der Waals surface area contributed by atoms with E-state index in [2.05, 4.69) is 0 Å². The molecule has 6 aliphatic rings. The fourth-order valence-electron chi connectivity index (χ4n) is 12.2. The third kappa shape index (κ3) is 4.86. The molecule has 0 unspecified atom stereocenters. The lowest BCUT2D eigenvalue weighted by atomic mass is 9.67. The van der Waals surface area contributed by atoms with Gasteiger partial charge in [-0.15, -0.1) is 0 Å². The molecule has 53 heavy (non-hydrogen) atoms. The highest BCUT2D eigenvalue weighted by molar-refractivity contribution is 6.34. The zero-order valence-corrected chi connectivity index (χ0v) is 33.1. The smallest absolute Gasteiger partial charge is 0.210 e. The molecule has 0 aromatic carbocycles. The van der Waals surface area contributed by atoms with Crippen molar-refractivity contribution in [3.05, 3.63) is 22.7 Å². The van der Waals surface area contributed by atoms with Crippen molar-refractivity contribution in [2.24, 2.45) is 57.2 Å². The SMILES string of the molecule is CC(C)C(=O)C1=C(O)[C@@]23C[C@H](C(C)(C)O)C(C)(C)[C@@H]2CC(=O)[C@@]3(O)C1=O.CC(C)CC(=O)C1=C(O)[C@@]23C[C@H](C(C)(C)O)C(C)(C)[C@@H]2CC(=O)[C@@]3(O)C1=O. The number of aliphatic hydroxyl groups is 6. The molecule has 0 saturated heterocycles. The summed E-state index contributed by atoms with van der Waals surface area (Å²) in [6, 6.07) is 0. The summed E-state index contributed by atoms with van der Waals surface area (Å²) in [6.45, 7) is 21.0. The maximum atomic E-state index is 13.1. The molecule has 0 aromatic rings. The topological polar surface area (TPSA) is 224 Å². The Kier molecular flexibility index (Phi) is 9.10. The Hall–Kier alpha value is -3.06. The molecule has 12 heteroatoms. The molecule has 4 fully saturated rings. The Labute approximate surface area is 311 Å². The molecule has 0 aliphatic heterocycles. The van der Waals surface area contributed by atoms with Crippen molar-refractivity contribution in [1.82, 2.24) is 0 Å². The number of Topliss-reactive ketones (excluding diaryl/α,β-unsaturated/α-hetero) is 6. The van der Waals surface area contributed by atoms with E-state index in [4.69, 9.17) is 0 Å². The minimum atomic E-state index is -2.42. The molecule has 0 amide bonds. The number of rotatable bonds is 7. The highest BCUT2D eigenvalue weighted by Gasteiger charge is 2.83. The van der Waals surface area contributed by atoms with Crippen molar-refractivity contribution in [3.8, 4) is 0 Å². The van der Waals surface area contributed by atoms with Crippen molar-refractivity contribution in [3.63, 3.8) is 0 Å². The lowest BCUT2D eigenvalue weighted by Gasteiger charge is -2.39. The Bertz CT molecular complexity index is 1780. The van der Waals surface area contributed by atoms with Crippen LogP contribution in [-0.2, 0) is 28.8 Å². The van der Waals surface area contributed by atoms with Gasteiger partial charge in [-0.2, -0.15) is 0 Å². The predicted octanol–water partition coefficient (Wildman–Crippen LogP) is 3.85. The molecule has 6 aliphatic carbocycles. The van der Waals surface area contributed by atoms with Gasteiger partial charge in [-0.1, -0.05) is 55.4 Å². The van der Waals surface area contributed by atoms with Gasteiger partial charge in [0, 0.05) is 25.2 Å². The van der Waals surface area contributed by atoms with Crippen LogP contribution in [0.5, 0.6) is 0 Å². The molecule has 294 valence electrons. The number of carbonyl (C=O) groups is 6. The van der Waals surface area contributed by atoms with Crippen LogP contribution < -0.4 is 0 Å². The molecule has 0 heterocycles. The van der Waals surface area contributed by atoms with Crippen LogP contribution in [0.15, 0.2) is 22.7 Å². The van der Waals surface area contributed by atoms with E-state index in [0.717, 1.165) is 0 Å². The lowest BCUT2D eigenvalue weighted by Crippen LogP contribution is -2.53. The zero-order valence-electron chi connectivity index (χ0n) is 33.1. The van der Waals surface area contributed by atoms with Crippen molar-refractivity contribution < 1.29 is 59.4 Å². The highest BCUT2D eigenvalue weighted by Crippen LogP contribution is 2.75. The molecule has 2 spiro atoms. The normalized spacial score (nSPS) is 38.5. The molecule has 12 nitrogen and oxygen atoms in total. The Morgan fingerprint density at radius 3 is 1.34 bits per heavy atom. The van der Waals surface area contributed by atoms with Gasteiger partial charge in [-0.25, -0.2) is 0 Å². The molecular weight excluding hydrogens is 684 g/mol. The largest absolute Gasteiger partial charge is 0.511 e. The fourth-order valence-corrected chi connectivity index (χ4v) is 12.2. The number of ketones is 6. The summed E-state index contributed by atoms with van der Waals surface area (Å²) < 4.78 is 0. The summed E-state index contributed by atoms with van der Waals surface area (Å²) in [6.07, 6.45) is 0.0797. The zero-order chi connectivity index (χ0) is 40.8. The van der Waals surface area contributed by atoms with Crippen molar-refractivity contribution in [2.45, 2.75) is 138 Å². The second-order valence-electron chi connectivity index (χ2n) is 19.8. The van der Waals surface area contributed by atoms with Gasteiger partial charge in [0.2, 0.25) is 11.6 Å². The summed E-state index contributed by atoms with van der Waals surface area (Å²) in [7, 11) is 0. The van der Waals surface area contributed by atoms with Crippen LogP contribution in [0.1, 0.15) is 115 Å². The second-order valence-corrected chi connectivity index (χ2v) is 19.8. The molecular formula is C41H58O12. The van der Waals surface area contributed by atoms with Crippen molar-refractivity contribution in [2.75, 3.05) is 0 Å². The van der Waals surface area contributed by atoms with Gasteiger partial charge in [-0.3, -0.25) is 28.8 Å². The van der Waals surface area contributed by atoms with E-state index in [1.807, 2.05) is 41.5 Å². The second kappa shape index (κ2) is 11.7. The third-order valence-corrected chi connectivity index (χ3v) is 14.5. The van der Waals surface area contributed by atoms with Crippen LogP contribution in [0.2, 0.25) is 0 Å². The van der Waals surface area contributed by atoms with Crippen LogP contribution in [0.4, 0.5) is 0 Å². The minimum Gasteiger partial charge on any atom is -0.511 e. The Balaban J connectivity index is 0.000000204. The van der Waals surface area contributed by atoms with Gasteiger partial charge in [-0.05, 0) is 81.0 Å². The van der Waals surface area contributed by atoms with E-state index in [9.17, 15) is 59.4 Å². The standard InChI is InChI=1S/C21H30O6.C20H28O6/c1-10(2)7-11(22)15-16(24)20-9-13(19(5,6)26)18(3,4)12(20)8-14(23)21(20,27)17(15)25;1-9(2)14(22)13-15(23)19-8-11(18(5,6)25)17(3,4)10(19)7-12(21)20(19,26)16(13)24/h10,12-13,24,26-27H,7-9H2,1-6H3;9-11,23,25-26H,7-8H2,1-6H3/t12-,13-,20+,21+;10-,11-,19+,20+/m00/s1. The maximum absolute atomic E-state index is 13.1. The van der Waals surface area contributed by atoms with Gasteiger partial charge >= 0.3 is 0 Å². The summed E-state index contributed by atoms with van der Waals surface area (Å²) in [5, 5.41) is 66.2. The third-order valence-electron chi connectivity index (χ3n) is 14.5. The Morgan fingerprint density at radius 2 is 1.02 bits per heavy atom. The average molecular weight is 743 g/mol. The van der Waals surface area contributed by atoms with Crippen LogP contribution in [0.3, 0.4) is 0 Å². The van der Waals surface area contributed by atoms with Crippen molar-refractivity contribution >= 4 is 34.7 Å². The minimum absolute atomic E-state index is 0.0335. The molecule has 0 bridgehead atoms. The predicted molar refractivity (Wildman–Crippen MR) is 191 cm³/mol. The van der Waals surface area contributed by atoms with Gasteiger partial charge in [0.05, 0.1) is 22.0 Å². The van der Waals surface area contributed by atoms with Gasteiger partial charge in [0.1, 0.15) is 22.7 Å². The van der Waals surface area contributed by atoms with Gasteiger partial charge < -0.3 is 30.6 Å². The first-order valence-corrected chi connectivity index (χ1v) is 18.8. The number of hydrogen-bond acceptors (Lipinski definition) is 12. The summed E-state index contributed by atoms with van der Waals surface area (Å²) in [5.74, 6) is -7.65. The molecule has 6 N–H and O–H groups in total. The quantitative estimate of drug-likeness (QED) is 0.162. The monoisotopic (exact) mass is 742 g/mol. The molecule has 8 atom stereocenters. The highest BCUT2D eigenvalue weighted by atomic mass is 16.3. The van der Waals surface area contributed by atoms with Crippen molar-refractivity contribution in [1.29, 1.82) is 0 Å². The van der Waals surface area contributed by atoms with E-state index < -0.39 is 119 Å². The van der Waals surface area contributed by atoms with Crippen LogP contribution in [0.25, 0.3) is 0 Å². The first-order chi connectivity index (χ1) is 23.8. The van der Waals surface area contributed by atoms with E-state index in [-0.39, 0.29) is 49.9 Å². The van der Waals surface area contributed by atoms with Crippen LogP contribution in [-0.4, -0.2) is 87.7 Å². The maximum Gasteiger partial charge on any atom is 0.210 e. The molecule has 0 radical (unpaired) electrons. The molecule has 6 rings (SSSR count). The van der Waals surface area contributed by atoms with E-state index in [1.54, 1.807) is 41.5 Å². The summed E-state index contributed by atoms with van der Waals surface area (Å²) >= 11 is 0. The van der Waals surface area contributed by atoms with E-state index >= 15 is 0 Å². The van der Waals surface area contributed by atoms with E-state index in [0.29, 0.717) is 0 Å². The Morgan fingerprint density at radius 1 is 0.679 bits per heavy atom. The van der Waals surface area contributed by atoms with E-state index in [1.165, 1.54) is 0 Å². The first-order valence-electron chi connectivity index (χ1n) is 18.8. The number of aliphatic hydroxyl groups excluding tert-OH is 2. The van der Waals surface area contributed by atoms with Gasteiger partial charge in [0.15, 0.2) is 34.3 Å². The van der Waals surface area contributed by atoms with Crippen LogP contribution >= 0.6 is 0 Å². The van der Waals surface area contributed by atoms with Crippen LogP contribution in [0, 0.1) is 57.2 Å². The molecule has 0 aromatic heterocycles.